The standard InChI is InChI=1S/C45H68N4O10Si2/c1-44(2,3)60(9,10)58-28-32-18-16-20-48(32)42(52)34-24-36(46-30-50)40(26-38(34)54-7)56-22-14-13-15-23-57-41-27-39(55-8)35(25-37(41)47-31-51)43(53)49-21-17-19-33(49)29-59-61(11,12)45(4,5)6/h24-27,32-33H,13-23,28-29H2,1-12H3/t32-,33?/m0/s1. The number of ether oxygens (including phenoxy) is 4. The second-order valence-electron chi connectivity index (χ2n) is 18.9. The number of isocyanates is 2. The van der Waals surface area contributed by atoms with Crippen LogP contribution in [0.2, 0.25) is 36.3 Å². The molecule has 2 heterocycles. The molecule has 2 amide bonds. The molecule has 14 nitrogen and oxygen atoms in total. The topological polar surface area (TPSA) is 155 Å². The molecule has 0 N–H and O–H groups in total. The SMILES string of the molecule is COc1cc(OCCCCCOc2cc(OC)c(C(=O)N3CCC[C@H]3CO[Si](C)(C)C(C)(C)C)cc2N=C=O)c(N=C=O)cc1C(=O)N1CCCC1CO[Si](C)(C)C(C)(C)C. The van der Waals surface area contributed by atoms with Crippen LogP contribution in [0.5, 0.6) is 23.0 Å². The van der Waals surface area contributed by atoms with E-state index in [1.165, 1.54) is 26.4 Å². The number of likely N-dealkylation sites (tertiary alicyclic amines) is 2. The van der Waals surface area contributed by atoms with Gasteiger partial charge in [0.2, 0.25) is 12.2 Å². The molecule has 4 rings (SSSR count). The Balaban J connectivity index is 1.35. The monoisotopic (exact) mass is 880 g/mol. The number of carbonyl (C=O) groups is 2. The van der Waals surface area contributed by atoms with Crippen molar-refractivity contribution in [2.45, 2.75) is 135 Å². The van der Waals surface area contributed by atoms with Crippen LogP contribution in [-0.2, 0) is 18.4 Å². The molecule has 61 heavy (non-hydrogen) atoms. The zero-order chi connectivity index (χ0) is 45.2. The average Bonchev–Trinajstić information content (AvgIpc) is 3.88. The molecule has 0 radical (unpaired) electrons. The van der Waals surface area contributed by atoms with Gasteiger partial charge in [0, 0.05) is 25.2 Å². The van der Waals surface area contributed by atoms with Gasteiger partial charge in [0.05, 0.1) is 63.9 Å². The first-order chi connectivity index (χ1) is 28.7. The molecule has 0 aliphatic carbocycles. The highest BCUT2D eigenvalue weighted by Crippen LogP contribution is 2.41. The molecule has 0 aromatic heterocycles. The Hall–Kier alpha value is -4.31. The van der Waals surface area contributed by atoms with Crippen molar-refractivity contribution in [2.75, 3.05) is 53.7 Å². The van der Waals surface area contributed by atoms with Gasteiger partial charge in [-0.1, -0.05) is 41.5 Å². The number of nitrogens with zero attached hydrogens (tertiary/aromatic N) is 4. The fraction of sp³-hybridized carbons (Fsp3) is 0.644. The second kappa shape index (κ2) is 21.2. The summed E-state index contributed by atoms with van der Waals surface area (Å²) in [6.45, 7) is 24.7. The minimum absolute atomic E-state index is 0.0528. The van der Waals surface area contributed by atoms with Crippen molar-refractivity contribution in [3.8, 4) is 23.0 Å². The van der Waals surface area contributed by atoms with Crippen LogP contribution in [0.3, 0.4) is 0 Å². The van der Waals surface area contributed by atoms with Crippen molar-refractivity contribution in [3.05, 3.63) is 35.4 Å². The molecule has 2 aromatic carbocycles. The summed E-state index contributed by atoms with van der Waals surface area (Å²) in [6, 6.07) is 6.11. The summed E-state index contributed by atoms with van der Waals surface area (Å²) in [6.07, 6.45) is 8.57. The van der Waals surface area contributed by atoms with Gasteiger partial charge in [-0.25, -0.2) is 9.59 Å². The molecule has 2 aromatic rings. The van der Waals surface area contributed by atoms with Gasteiger partial charge in [-0.3, -0.25) is 9.59 Å². The minimum Gasteiger partial charge on any atom is -0.496 e. The summed E-state index contributed by atoms with van der Waals surface area (Å²) in [7, 11) is -1.04. The normalized spacial score (nSPS) is 17.1. The van der Waals surface area contributed by atoms with Crippen LogP contribution < -0.4 is 18.9 Å². The van der Waals surface area contributed by atoms with E-state index in [4.69, 9.17) is 27.8 Å². The van der Waals surface area contributed by atoms with Gasteiger partial charge >= 0.3 is 0 Å². The molecule has 1 unspecified atom stereocenters. The van der Waals surface area contributed by atoms with Gasteiger partial charge < -0.3 is 37.6 Å². The summed E-state index contributed by atoms with van der Waals surface area (Å²) in [5.41, 5.74) is 0.961. The molecule has 2 atom stereocenters. The largest absolute Gasteiger partial charge is 0.496 e. The molecular weight excluding hydrogens is 813 g/mol. The third-order valence-corrected chi connectivity index (χ3v) is 21.8. The maximum Gasteiger partial charge on any atom is 0.258 e. The Morgan fingerprint density at radius 1 is 0.639 bits per heavy atom. The number of rotatable bonds is 20. The number of methoxy groups -OCH3 is 2. The van der Waals surface area contributed by atoms with E-state index in [1.807, 2.05) is 9.80 Å². The number of unbranched alkanes of at least 4 members (excludes halogenated alkanes) is 2. The molecule has 0 bridgehead atoms. The quantitative estimate of drug-likeness (QED) is 0.0544. The maximum atomic E-state index is 13.9. The Kier molecular flexibility index (Phi) is 17.1. The molecule has 2 fully saturated rings. The van der Waals surface area contributed by atoms with Crippen LogP contribution >= 0.6 is 0 Å². The fourth-order valence-electron chi connectivity index (χ4n) is 6.93. The molecule has 2 saturated heterocycles. The lowest BCUT2D eigenvalue weighted by molar-refractivity contribution is 0.0674. The smallest absolute Gasteiger partial charge is 0.258 e. The molecule has 2 aliphatic rings. The van der Waals surface area contributed by atoms with Gasteiger partial charge in [-0.15, -0.1) is 0 Å². The van der Waals surface area contributed by atoms with Crippen molar-refractivity contribution < 1.29 is 47.0 Å². The van der Waals surface area contributed by atoms with E-state index in [2.05, 4.69) is 77.7 Å². The third-order valence-electron chi connectivity index (χ3n) is 12.8. The summed E-state index contributed by atoms with van der Waals surface area (Å²) in [5, 5.41) is 0.106. The van der Waals surface area contributed by atoms with Crippen molar-refractivity contribution in [3.63, 3.8) is 0 Å². The summed E-state index contributed by atoms with van der Waals surface area (Å²) in [5.74, 6) is 0.818. The highest BCUT2D eigenvalue weighted by molar-refractivity contribution is 6.74. The highest BCUT2D eigenvalue weighted by atomic mass is 28.4. The number of aliphatic imine (C=N–C) groups is 2. The predicted molar refractivity (Wildman–Crippen MR) is 241 cm³/mol. The zero-order valence-corrected chi connectivity index (χ0v) is 40.5. The molecule has 0 saturated carbocycles. The van der Waals surface area contributed by atoms with Crippen LogP contribution in [0.15, 0.2) is 34.3 Å². The second-order valence-corrected chi connectivity index (χ2v) is 28.6. The fourth-order valence-corrected chi connectivity index (χ4v) is 9.01. The van der Waals surface area contributed by atoms with E-state index in [9.17, 15) is 19.2 Å². The van der Waals surface area contributed by atoms with E-state index in [-0.39, 0.29) is 45.3 Å². The van der Waals surface area contributed by atoms with Crippen LogP contribution in [0.25, 0.3) is 0 Å². The van der Waals surface area contributed by atoms with Crippen molar-refractivity contribution in [2.24, 2.45) is 9.98 Å². The maximum absolute atomic E-state index is 13.9. The third kappa shape index (κ3) is 12.4. The summed E-state index contributed by atoms with van der Waals surface area (Å²) >= 11 is 0. The number of benzene rings is 2. The van der Waals surface area contributed by atoms with E-state index in [0.717, 1.165) is 25.7 Å². The first kappa shape index (κ1) is 49.4. The number of amides is 2. The Labute approximate surface area is 364 Å². The lowest BCUT2D eigenvalue weighted by atomic mass is 10.1. The van der Waals surface area contributed by atoms with Gasteiger partial charge in [0.1, 0.15) is 34.4 Å². The van der Waals surface area contributed by atoms with Crippen molar-refractivity contribution in [1.29, 1.82) is 0 Å². The zero-order valence-electron chi connectivity index (χ0n) is 38.5. The van der Waals surface area contributed by atoms with Crippen LogP contribution in [-0.4, -0.2) is 116 Å². The Morgan fingerprint density at radius 2 is 1.02 bits per heavy atom. The van der Waals surface area contributed by atoms with Crippen molar-refractivity contribution in [1.82, 2.24) is 9.80 Å². The van der Waals surface area contributed by atoms with E-state index >= 15 is 0 Å². The first-order valence-corrected chi connectivity index (χ1v) is 27.3. The summed E-state index contributed by atoms with van der Waals surface area (Å²) < 4.78 is 36.4. The van der Waals surface area contributed by atoms with E-state index in [0.29, 0.717) is 92.9 Å². The van der Waals surface area contributed by atoms with Gasteiger partial charge in [0.25, 0.3) is 11.8 Å². The van der Waals surface area contributed by atoms with Gasteiger partial charge in [-0.05, 0) is 93.3 Å². The lowest BCUT2D eigenvalue weighted by Gasteiger charge is -2.38. The first-order valence-electron chi connectivity index (χ1n) is 21.4. The lowest BCUT2D eigenvalue weighted by Crippen LogP contribution is -2.46. The van der Waals surface area contributed by atoms with Crippen LogP contribution in [0.4, 0.5) is 11.4 Å². The number of hydrogen-bond acceptors (Lipinski definition) is 12. The minimum atomic E-state index is -2.01. The number of hydrogen-bond donors (Lipinski definition) is 0. The Morgan fingerprint density at radius 3 is 1.34 bits per heavy atom. The van der Waals surface area contributed by atoms with Gasteiger partial charge in [0.15, 0.2) is 16.6 Å². The van der Waals surface area contributed by atoms with Gasteiger partial charge in [-0.2, -0.15) is 9.98 Å². The summed E-state index contributed by atoms with van der Waals surface area (Å²) in [4.78, 5) is 62.1. The number of carbonyl (C=O) groups excluding carboxylic acids is 4. The average molecular weight is 881 g/mol. The molecule has 2 aliphatic heterocycles. The molecule has 336 valence electrons. The van der Waals surface area contributed by atoms with E-state index < -0.39 is 16.6 Å². The van der Waals surface area contributed by atoms with Crippen LogP contribution in [0.1, 0.15) is 107 Å². The van der Waals surface area contributed by atoms with Crippen LogP contribution in [0, 0.1) is 0 Å². The predicted octanol–water partition coefficient (Wildman–Crippen LogP) is 9.52. The molecule has 16 heteroatoms. The molecule has 0 spiro atoms. The van der Waals surface area contributed by atoms with Crippen molar-refractivity contribution >= 4 is 52.0 Å². The Bertz CT molecular complexity index is 1810. The van der Waals surface area contributed by atoms with E-state index in [1.54, 1.807) is 24.3 Å². The molecular formula is C45H68N4O10Si2. The highest BCUT2D eigenvalue weighted by Gasteiger charge is 2.41.